The Hall–Kier alpha value is -1.10. The van der Waals surface area contributed by atoms with Crippen molar-refractivity contribution in [2.45, 2.75) is 33.1 Å². The van der Waals surface area contributed by atoms with Crippen molar-refractivity contribution in [2.75, 3.05) is 5.73 Å². The monoisotopic (exact) mass is 366 g/mol. The van der Waals surface area contributed by atoms with Gasteiger partial charge in [-0.05, 0) is 46.6 Å². The maximum Gasteiger partial charge on any atom is 0.125 e. The smallest absolute Gasteiger partial charge is 0.125 e. The number of benzene rings is 1. The van der Waals surface area contributed by atoms with Crippen LogP contribution in [0.4, 0.5) is 5.69 Å². The summed E-state index contributed by atoms with van der Waals surface area (Å²) in [4.78, 5) is 4.61. The molecule has 1 heterocycles. The Morgan fingerprint density at radius 3 is 2.21 bits per heavy atom. The summed E-state index contributed by atoms with van der Waals surface area (Å²) in [5.74, 6) is 0. The van der Waals surface area contributed by atoms with Crippen LogP contribution in [0, 0.1) is 10.6 Å². The molecule has 1 aromatic carbocycles. The van der Waals surface area contributed by atoms with Crippen molar-refractivity contribution in [2.24, 2.45) is 0 Å². The maximum absolute atomic E-state index is 6.17. The Balaban J connectivity index is 2.60. The first-order chi connectivity index (χ1) is 8.79. The summed E-state index contributed by atoms with van der Waals surface area (Å²) in [5, 5.41) is 0. The molecule has 0 amide bonds. The molecular formula is C16H19IN2. The van der Waals surface area contributed by atoms with Crippen molar-refractivity contribution >= 4 is 28.3 Å². The fourth-order valence-electron chi connectivity index (χ4n) is 2.02. The number of hydrogen-bond acceptors (Lipinski definition) is 2. The Labute approximate surface area is 128 Å². The van der Waals surface area contributed by atoms with E-state index in [9.17, 15) is 0 Å². The van der Waals surface area contributed by atoms with Gasteiger partial charge < -0.3 is 5.73 Å². The molecule has 0 atom stereocenters. The van der Waals surface area contributed by atoms with Crippen molar-refractivity contribution < 1.29 is 0 Å². The van der Waals surface area contributed by atoms with Gasteiger partial charge in [0.15, 0.2) is 0 Å². The molecule has 0 saturated carbocycles. The Kier molecular flexibility index (Phi) is 3.85. The Morgan fingerprint density at radius 1 is 1.11 bits per heavy atom. The van der Waals surface area contributed by atoms with Crippen LogP contribution in [0.5, 0.6) is 0 Å². The normalized spacial score (nSPS) is 11.6. The van der Waals surface area contributed by atoms with Crippen LogP contribution in [0.25, 0.3) is 11.3 Å². The molecule has 2 aromatic rings. The van der Waals surface area contributed by atoms with E-state index in [2.05, 4.69) is 85.6 Å². The molecule has 0 bridgehead atoms. The summed E-state index contributed by atoms with van der Waals surface area (Å²) < 4.78 is 0.876. The van der Waals surface area contributed by atoms with Crippen LogP contribution in [-0.2, 0) is 5.41 Å². The number of rotatable bonds is 1. The third-order valence-corrected chi connectivity index (χ3v) is 3.99. The van der Waals surface area contributed by atoms with Gasteiger partial charge in [0.1, 0.15) is 3.70 Å². The van der Waals surface area contributed by atoms with E-state index in [0.717, 1.165) is 26.2 Å². The quantitative estimate of drug-likeness (QED) is 0.595. The van der Waals surface area contributed by atoms with Gasteiger partial charge in [-0.15, -0.1) is 0 Å². The van der Waals surface area contributed by atoms with Crippen LogP contribution in [0.3, 0.4) is 0 Å². The molecule has 0 aliphatic rings. The van der Waals surface area contributed by atoms with Crippen LogP contribution in [0.1, 0.15) is 31.9 Å². The molecule has 0 saturated heterocycles. The van der Waals surface area contributed by atoms with Gasteiger partial charge >= 0.3 is 0 Å². The zero-order valence-electron chi connectivity index (χ0n) is 11.8. The summed E-state index contributed by atoms with van der Waals surface area (Å²) in [5.41, 5.74) is 11.5. The van der Waals surface area contributed by atoms with Crippen LogP contribution >= 0.6 is 22.6 Å². The molecule has 0 aliphatic carbocycles. The zero-order chi connectivity index (χ0) is 14.2. The summed E-state index contributed by atoms with van der Waals surface area (Å²) in [7, 11) is 0. The van der Waals surface area contributed by atoms with E-state index in [1.807, 2.05) is 0 Å². The van der Waals surface area contributed by atoms with Crippen LogP contribution in [-0.4, -0.2) is 4.98 Å². The second kappa shape index (κ2) is 5.12. The van der Waals surface area contributed by atoms with Crippen molar-refractivity contribution in [1.29, 1.82) is 0 Å². The molecular weight excluding hydrogens is 347 g/mol. The predicted molar refractivity (Wildman–Crippen MR) is 90.2 cm³/mol. The number of halogens is 1. The standard InChI is InChI=1S/C16H19IN2/c1-10-5-7-11(8-6-10)13-9-12(16(2,3)4)14(18)15(17)19-13/h5-9H,18H2,1-4H3. The summed E-state index contributed by atoms with van der Waals surface area (Å²) in [6.45, 7) is 8.61. The van der Waals surface area contributed by atoms with E-state index in [0.29, 0.717) is 0 Å². The molecule has 0 radical (unpaired) electrons. The third kappa shape index (κ3) is 3.08. The van der Waals surface area contributed by atoms with E-state index in [1.165, 1.54) is 5.56 Å². The minimum absolute atomic E-state index is 0.0202. The number of aryl methyl sites for hydroxylation is 1. The molecule has 100 valence electrons. The summed E-state index contributed by atoms with van der Waals surface area (Å²) in [6.07, 6.45) is 0. The highest BCUT2D eigenvalue weighted by Gasteiger charge is 2.20. The van der Waals surface area contributed by atoms with Crippen LogP contribution in [0.2, 0.25) is 0 Å². The number of aromatic nitrogens is 1. The SMILES string of the molecule is Cc1ccc(-c2cc(C(C)(C)C)c(N)c(I)n2)cc1. The molecule has 19 heavy (non-hydrogen) atoms. The van der Waals surface area contributed by atoms with Gasteiger partial charge in [0.25, 0.3) is 0 Å². The van der Waals surface area contributed by atoms with Crippen LogP contribution < -0.4 is 5.73 Å². The van der Waals surface area contributed by atoms with Gasteiger partial charge in [0, 0.05) is 5.56 Å². The molecule has 2 nitrogen and oxygen atoms in total. The largest absolute Gasteiger partial charge is 0.396 e. The number of nitrogens with two attached hydrogens (primary N) is 1. The fourth-order valence-corrected chi connectivity index (χ4v) is 2.57. The second-order valence-electron chi connectivity index (χ2n) is 5.88. The lowest BCUT2D eigenvalue weighted by atomic mass is 9.85. The van der Waals surface area contributed by atoms with Crippen molar-refractivity contribution in [3.8, 4) is 11.3 Å². The molecule has 0 fully saturated rings. The minimum atomic E-state index is 0.0202. The van der Waals surface area contributed by atoms with Gasteiger partial charge in [-0.2, -0.15) is 0 Å². The number of hydrogen-bond donors (Lipinski definition) is 1. The van der Waals surface area contributed by atoms with E-state index in [4.69, 9.17) is 5.73 Å². The lowest BCUT2D eigenvalue weighted by Crippen LogP contribution is -2.16. The van der Waals surface area contributed by atoms with E-state index in [-0.39, 0.29) is 5.41 Å². The summed E-state index contributed by atoms with van der Waals surface area (Å²) >= 11 is 2.21. The zero-order valence-corrected chi connectivity index (χ0v) is 13.9. The van der Waals surface area contributed by atoms with E-state index in [1.54, 1.807) is 0 Å². The average molecular weight is 366 g/mol. The van der Waals surface area contributed by atoms with Crippen molar-refractivity contribution in [3.63, 3.8) is 0 Å². The first-order valence-electron chi connectivity index (χ1n) is 6.32. The van der Waals surface area contributed by atoms with Gasteiger partial charge in [0.05, 0.1) is 11.4 Å². The van der Waals surface area contributed by atoms with Gasteiger partial charge in [-0.3, -0.25) is 0 Å². The predicted octanol–water partition coefficient (Wildman–Crippen LogP) is 4.54. The number of nitrogen functional groups attached to an aromatic ring is 1. The molecule has 2 N–H and O–H groups in total. The highest BCUT2D eigenvalue weighted by atomic mass is 127. The third-order valence-electron chi connectivity index (χ3n) is 3.17. The van der Waals surface area contributed by atoms with Crippen molar-refractivity contribution in [3.05, 3.63) is 45.2 Å². The second-order valence-corrected chi connectivity index (χ2v) is 6.90. The lowest BCUT2D eigenvalue weighted by molar-refractivity contribution is 0.591. The summed E-state index contributed by atoms with van der Waals surface area (Å²) in [6, 6.07) is 10.5. The highest BCUT2D eigenvalue weighted by molar-refractivity contribution is 14.1. The average Bonchev–Trinajstić information content (AvgIpc) is 2.32. The lowest BCUT2D eigenvalue weighted by Gasteiger charge is -2.22. The van der Waals surface area contributed by atoms with E-state index < -0.39 is 0 Å². The molecule has 0 unspecified atom stereocenters. The Bertz CT molecular complexity index is 595. The van der Waals surface area contributed by atoms with Crippen molar-refractivity contribution in [1.82, 2.24) is 4.98 Å². The van der Waals surface area contributed by atoms with Gasteiger partial charge in [-0.1, -0.05) is 50.6 Å². The van der Waals surface area contributed by atoms with E-state index >= 15 is 0 Å². The van der Waals surface area contributed by atoms with Gasteiger partial charge in [0.2, 0.25) is 0 Å². The molecule has 1 aromatic heterocycles. The first kappa shape index (κ1) is 14.3. The number of nitrogens with zero attached hydrogens (tertiary/aromatic N) is 1. The minimum Gasteiger partial charge on any atom is -0.396 e. The highest BCUT2D eigenvalue weighted by Crippen LogP contribution is 2.33. The maximum atomic E-state index is 6.17. The first-order valence-corrected chi connectivity index (χ1v) is 7.40. The fraction of sp³-hybridized carbons (Fsp3) is 0.312. The molecule has 0 spiro atoms. The topological polar surface area (TPSA) is 38.9 Å². The molecule has 0 aliphatic heterocycles. The number of anilines is 1. The Morgan fingerprint density at radius 2 is 1.68 bits per heavy atom. The van der Waals surface area contributed by atoms with Crippen LogP contribution in [0.15, 0.2) is 30.3 Å². The van der Waals surface area contributed by atoms with Gasteiger partial charge in [-0.25, -0.2) is 4.98 Å². The molecule has 3 heteroatoms. The number of pyridine rings is 1. The molecule has 2 rings (SSSR count).